The second kappa shape index (κ2) is 10.8. The van der Waals surface area contributed by atoms with Crippen LogP contribution in [0.3, 0.4) is 0 Å². The molecular formula is C25H28N6O6. The standard InChI is InChI=1S/C25H28N6O6/c1-16-7-9-20(36-16)23(25(33)26-13-18-5-3-11-34-18)30(14-19-6-4-12-35-19)22(32)15-31-28-24(27-29-31)21-10-8-17(2)37-21/h4,6-10,12,18,23H,3,5,11,13-15H2,1-2H3,(H,26,33)/t18-,23+/m1/s1. The molecule has 4 aromatic rings. The average Bonchev–Trinajstić information content (AvgIpc) is 3.69. The van der Waals surface area contributed by atoms with Crippen LogP contribution in [0.2, 0.25) is 0 Å². The summed E-state index contributed by atoms with van der Waals surface area (Å²) in [6.45, 7) is 4.37. The number of ether oxygens (including phenoxy) is 1. The van der Waals surface area contributed by atoms with Gasteiger partial charge in [-0.3, -0.25) is 9.59 Å². The van der Waals surface area contributed by atoms with Gasteiger partial charge < -0.3 is 28.2 Å². The fourth-order valence-electron chi connectivity index (χ4n) is 4.21. The molecule has 1 aliphatic rings. The van der Waals surface area contributed by atoms with Crippen molar-refractivity contribution in [2.45, 2.75) is 51.9 Å². The number of hydrogen-bond donors (Lipinski definition) is 1. The molecule has 12 nitrogen and oxygen atoms in total. The van der Waals surface area contributed by atoms with Gasteiger partial charge in [0, 0.05) is 13.2 Å². The topological polar surface area (TPSA) is 142 Å². The lowest BCUT2D eigenvalue weighted by Crippen LogP contribution is -2.46. The average molecular weight is 509 g/mol. The van der Waals surface area contributed by atoms with Gasteiger partial charge in [0.05, 0.1) is 18.9 Å². The molecule has 1 aliphatic heterocycles. The molecule has 1 N–H and O–H groups in total. The van der Waals surface area contributed by atoms with Gasteiger partial charge in [0.1, 0.15) is 29.6 Å². The number of carbonyl (C=O) groups excluding carboxylic acids is 2. The molecule has 0 bridgehead atoms. The quantitative estimate of drug-likeness (QED) is 0.342. The van der Waals surface area contributed by atoms with Crippen molar-refractivity contribution in [3.05, 3.63) is 65.7 Å². The summed E-state index contributed by atoms with van der Waals surface area (Å²) >= 11 is 0. The van der Waals surface area contributed by atoms with Crippen molar-refractivity contribution in [1.82, 2.24) is 30.4 Å². The van der Waals surface area contributed by atoms with Crippen molar-refractivity contribution < 1.29 is 27.6 Å². The van der Waals surface area contributed by atoms with Gasteiger partial charge in [-0.2, -0.15) is 4.80 Å². The molecule has 1 fully saturated rings. The maximum absolute atomic E-state index is 13.7. The molecule has 5 rings (SSSR count). The minimum absolute atomic E-state index is 0.0303. The molecule has 5 heterocycles. The molecule has 194 valence electrons. The number of tetrazole rings is 1. The van der Waals surface area contributed by atoms with Gasteiger partial charge in [0.2, 0.25) is 11.7 Å². The lowest BCUT2D eigenvalue weighted by Gasteiger charge is -2.29. The molecule has 0 radical (unpaired) electrons. The highest BCUT2D eigenvalue weighted by Gasteiger charge is 2.35. The third-order valence-corrected chi connectivity index (χ3v) is 6.04. The van der Waals surface area contributed by atoms with E-state index in [0.29, 0.717) is 42.0 Å². The zero-order valence-corrected chi connectivity index (χ0v) is 20.6. The molecule has 2 atom stereocenters. The summed E-state index contributed by atoms with van der Waals surface area (Å²) in [4.78, 5) is 29.7. The predicted molar refractivity (Wildman–Crippen MR) is 128 cm³/mol. The summed E-state index contributed by atoms with van der Waals surface area (Å²) in [6, 6.07) is 9.37. The van der Waals surface area contributed by atoms with E-state index in [0.717, 1.165) is 12.8 Å². The Morgan fingerprint density at radius 2 is 2.00 bits per heavy atom. The van der Waals surface area contributed by atoms with Crippen LogP contribution in [0.1, 0.15) is 41.9 Å². The Kier molecular flexibility index (Phi) is 7.17. The van der Waals surface area contributed by atoms with Crippen molar-refractivity contribution in [2.75, 3.05) is 13.2 Å². The third-order valence-electron chi connectivity index (χ3n) is 6.04. The van der Waals surface area contributed by atoms with Crippen LogP contribution in [0, 0.1) is 13.8 Å². The number of aryl methyl sites for hydroxylation is 2. The van der Waals surface area contributed by atoms with E-state index in [1.165, 1.54) is 16.0 Å². The first-order valence-corrected chi connectivity index (χ1v) is 12.1. The summed E-state index contributed by atoms with van der Waals surface area (Å²) in [5, 5.41) is 15.2. The van der Waals surface area contributed by atoms with Crippen molar-refractivity contribution in [2.24, 2.45) is 0 Å². The smallest absolute Gasteiger partial charge is 0.250 e. The Hall–Kier alpha value is -4.19. The number of nitrogens with zero attached hydrogens (tertiary/aromatic N) is 5. The minimum Gasteiger partial charge on any atom is -0.467 e. The van der Waals surface area contributed by atoms with Gasteiger partial charge in [0.25, 0.3) is 5.91 Å². The van der Waals surface area contributed by atoms with Gasteiger partial charge in [-0.1, -0.05) is 0 Å². The van der Waals surface area contributed by atoms with E-state index in [4.69, 9.17) is 18.0 Å². The van der Waals surface area contributed by atoms with E-state index in [1.807, 2.05) is 6.92 Å². The highest BCUT2D eigenvalue weighted by atomic mass is 16.5. The Bertz CT molecular complexity index is 1330. The molecule has 12 heteroatoms. The second-order valence-electron chi connectivity index (χ2n) is 8.89. The zero-order chi connectivity index (χ0) is 25.8. The summed E-state index contributed by atoms with van der Waals surface area (Å²) in [5.41, 5.74) is 0. The summed E-state index contributed by atoms with van der Waals surface area (Å²) in [6.07, 6.45) is 3.28. The lowest BCUT2D eigenvalue weighted by molar-refractivity contribution is -0.143. The van der Waals surface area contributed by atoms with E-state index < -0.39 is 11.9 Å². The highest BCUT2D eigenvalue weighted by Crippen LogP contribution is 2.27. The van der Waals surface area contributed by atoms with Gasteiger partial charge in [0.15, 0.2) is 11.8 Å². The highest BCUT2D eigenvalue weighted by molar-refractivity contribution is 5.88. The van der Waals surface area contributed by atoms with Crippen LogP contribution in [0.4, 0.5) is 0 Å². The van der Waals surface area contributed by atoms with Crippen LogP contribution in [0.5, 0.6) is 0 Å². The Morgan fingerprint density at radius 1 is 1.16 bits per heavy atom. The monoisotopic (exact) mass is 508 g/mol. The molecular weight excluding hydrogens is 480 g/mol. The molecule has 37 heavy (non-hydrogen) atoms. The number of amides is 2. The molecule has 2 amide bonds. The lowest BCUT2D eigenvalue weighted by atomic mass is 10.1. The molecule has 1 saturated heterocycles. The number of furan rings is 3. The van der Waals surface area contributed by atoms with Gasteiger partial charge in [-0.05, 0) is 68.3 Å². The normalized spacial score (nSPS) is 16.1. The SMILES string of the molecule is Cc1ccc(-c2nnn(CC(=O)N(Cc3ccco3)[C@H](C(=O)NC[C@H]3CCCO3)c3ccc(C)o3)n2)o1. The van der Waals surface area contributed by atoms with E-state index >= 15 is 0 Å². The van der Waals surface area contributed by atoms with E-state index in [2.05, 4.69) is 20.7 Å². The summed E-state index contributed by atoms with van der Waals surface area (Å²) in [7, 11) is 0. The summed E-state index contributed by atoms with van der Waals surface area (Å²) in [5.74, 6) is 2.05. The Labute approximate surface area is 212 Å². The zero-order valence-electron chi connectivity index (χ0n) is 20.6. The van der Waals surface area contributed by atoms with Crippen molar-refractivity contribution in [1.29, 1.82) is 0 Å². The van der Waals surface area contributed by atoms with Crippen LogP contribution in [0.25, 0.3) is 11.6 Å². The first kappa shape index (κ1) is 24.5. The first-order valence-electron chi connectivity index (χ1n) is 12.1. The van der Waals surface area contributed by atoms with Gasteiger partial charge in [-0.25, -0.2) is 0 Å². The van der Waals surface area contributed by atoms with Crippen LogP contribution in [-0.2, 0) is 27.4 Å². The Balaban J connectivity index is 1.40. The van der Waals surface area contributed by atoms with Gasteiger partial charge in [-0.15, -0.1) is 10.2 Å². The first-order chi connectivity index (χ1) is 18.0. The van der Waals surface area contributed by atoms with Crippen LogP contribution >= 0.6 is 0 Å². The molecule has 0 unspecified atom stereocenters. The largest absolute Gasteiger partial charge is 0.467 e. The maximum Gasteiger partial charge on any atom is 0.250 e. The number of aromatic nitrogens is 4. The van der Waals surface area contributed by atoms with Crippen LogP contribution in [-0.4, -0.2) is 56.2 Å². The van der Waals surface area contributed by atoms with Crippen molar-refractivity contribution in [3.63, 3.8) is 0 Å². The Morgan fingerprint density at radius 3 is 2.68 bits per heavy atom. The number of carbonyl (C=O) groups is 2. The molecule has 0 aromatic carbocycles. The number of hydrogen-bond acceptors (Lipinski definition) is 9. The number of rotatable bonds is 10. The van der Waals surface area contributed by atoms with E-state index in [1.54, 1.807) is 43.3 Å². The predicted octanol–water partition coefficient (Wildman–Crippen LogP) is 2.80. The second-order valence-corrected chi connectivity index (χ2v) is 8.89. The molecule has 4 aromatic heterocycles. The van der Waals surface area contributed by atoms with E-state index in [9.17, 15) is 9.59 Å². The molecule has 0 aliphatic carbocycles. The fourth-order valence-corrected chi connectivity index (χ4v) is 4.21. The van der Waals surface area contributed by atoms with Crippen LogP contribution < -0.4 is 5.32 Å². The molecule has 0 saturated carbocycles. The molecule has 0 spiro atoms. The summed E-state index contributed by atoms with van der Waals surface area (Å²) < 4.78 is 22.5. The van der Waals surface area contributed by atoms with Crippen molar-refractivity contribution in [3.8, 4) is 11.6 Å². The van der Waals surface area contributed by atoms with Crippen LogP contribution in [0.15, 0.2) is 55.9 Å². The fraction of sp³-hybridized carbons (Fsp3) is 0.400. The minimum atomic E-state index is -1.05. The third kappa shape index (κ3) is 5.80. The van der Waals surface area contributed by atoms with Gasteiger partial charge >= 0.3 is 0 Å². The maximum atomic E-state index is 13.7. The number of nitrogens with one attached hydrogen (secondary N) is 1. The van der Waals surface area contributed by atoms with E-state index in [-0.39, 0.29) is 30.9 Å². The van der Waals surface area contributed by atoms with Crippen molar-refractivity contribution >= 4 is 11.8 Å².